The van der Waals surface area contributed by atoms with E-state index in [9.17, 15) is 8.42 Å². The molecule has 8 heteroatoms. The molecular weight excluding hydrogens is 398 g/mol. The number of benzene rings is 2. The number of nitrogens with zero attached hydrogens (tertiary/aromatic N) is 1. The van der Waals surface area contributed by atoms with Crippen LogP contribution in [-0.4, -0.2) is 40.0 Å². The number of aliphatic imine (C=N–C) groups is 1. The molecule has 160 valence electrons. The van der Waals surface area contributed by atoms with Crippen molar-refractivity contribution in [2.24, 2.45) is 4.99 Å². The van der Waals surface area contributed by atoms with E-state index < -0.39 is 10.0 Å². The first-order valence-corrected chi connectivity index (χ1v) is 11.6. The van der Waals surface area contributed by atoms with Gasteiger partial charge in [0.05, 0.1) is 5.75 Å². The van der Waals surface area contributed by atoms with E-state index >= 15 is 0 Å². The Hall–Kier alpha value is -2.84. The van der Waals surface area contributed by atoms with Gasteiger partial charge in [-0.05, 0) is 48.7 Å². The third-order valence-corrected chi connectivity index (χ3v) is 6.29. The second-order valence-electron chi connectivity index (χ2n) is 7.25. The summed E-state index contributed by atoms with van der Waals surface area (Å²) < 4.78 is 25.8. The number of rotatable bonds is 8. The van der Waals surface area contributed by atoms with E-state index in [0.717, 1.165) is 29.6 Å². The molecule has 2 aromatic carbocycles. The molecule has 0 saturated carbocycles. The highest BCUT2D eigenvalue weighted by Crippen LogP contribution is 2.19. The number of hydrogen-bond donors (Lipinski definition) is 4. The summed E-state index contributed by atoms with van der Waals surface area (Å²) in [6.45, 7) is 3.40. The summed E-state index contributed by atoms with van der Waals surface area (Å²) in [4.78, 5) is 7.60. The average Bonchev–Trinajstić information content (AvgIpc) is 3.12. The van der Waals surface area contributed by atoms with Gasteiger partial charge in [-0.1, -0.05) is 36.4 Å². The quantitative estimate of drug-likeness (QED) is 0.328. The van der Waals surface area contributed by atoms with E-state index in [1.54, 1.807) is 7.05 Å². The van der Waals surface area contributed by atoms with E-state index in [2.05, 4.69) is 56.7 Å². The Labute approximate surface area is 178 Å². The molecule has 0 aliphatic heterocycles. The van der Waals surface area contributed by atoms with E-state index in [1.807, 2.05) is 24.3 Å². The Bertz CT molecular complexity index is 1140. The highest BCUT2D eigenvalue weighted by Gasteiger charge is 2.09. The Morgan fingerprint density at radius 1 is 1.10 bits per heavy atom. The third kappa shape index (κ3) is 5.84. The maximum absolute atomic E-state index is 11.7. The molecule has 0 bridgehead atoms. The van der Waals surface area contributed by atoms with Crippen LogP contribution in [0.2, 0.25) is 0 Å². The highest BCUT2D eigenvalue weighted by molar-refractivity contribution is 7.88. The molecule has 3 rings (SSSR count). The second kappa shape index (κ2) is 9.77. The lowest BCUT2D eigenvalue weighted by molar-refractivity contribution is 0.587. The minimum Gasteiger partial charge on any atom is -0.361 e. The zero-order chi connectivity index (χ0) is 21.6. The van der Waals surface area contributed by atoms with Crippen molar-refractivity contribution >= 4 is 26.9 Å². The first-order valence-electron chi connectivity index (χ1n) is 9.90. The summed E-state index contributed by atoms with van der Waals surface area (Å²) in [5.41, 5.74) is 5.42. The maximum Gasteiger partial charge on any atom is 0.215 e. The van der Waals surface area contributed by atoms with Crippen LogP contribution in [0.15, 0.2) is 53.7 Å². The topological polar surface area (TPSA) is 98.4 Å². The normalized spacial score (nSPS) is 12.3. The Morgan fingerprint density at radius 3 is 2.67 bits per heavy atom. The van der Waals surface area contributed by atoms with Gasteiger partial charge in [0.25, 0.3) is 0 Å². The molecule has 1 heterocycles. The van der Waals surface area contributed by atoms with Gasteiger partial charge in [-0.3, -0.25) is 4.99 Å². The van der Waals surface area contributed by atoms with Crippen LogP contribution in [-0.2, 0) is 28.7 Å². The smallest absolute Gasteiger partial charge is 0.215 e. The fraction of sp³-hybridized carbons (Fsp3) is 0.318. The van der Waals surface area contributed by atoms with E-state index in [-0.39, 0.29) is 5.75 Å². The molecule has 7 nitrogen and oxygen atoms in total. The summed E-state index contributed by atoms with van der Waals surface area (Å²) in [5, 5.41) is 7.86. The Kier molecular flexibility index (Phi) is 7.12. The predicted octanol–water partition coefficient (Wildman–Crippen LogP) is 2.43. The SMILES string of the molecule is CN=C(NCCc1c[nH]c2cc(C)ccc12)NCc1cccc(CS(=O)(=O)NC)c1. The van der Waals surface area contributed by atoms with Crippen LogP contribution in [0, 0.1) is 6.92 Å². The second-order valence-corrected chi connectivity index (χ2v) is 9.18. The van der Waals surface area contributed by atoms with E-state index in [0.29, 0.717) is 12.5 Å². The van der Waals surface area contributed by atoms with Crippen molar-refractivity contribution < 1.29 is 8.42 Å². The molecule has 0 radical (unpaired) electrons. The van der Waals surface area contributed by atoms with Crippen LogP contribution >= 0.6 is 0 Å². The van der Waals surface area contributed by atoms with Gasteiger partial charge in [-0.15, -0.1) is 0 Å². The van der Waals surface area contributed by atoms with Crippen LogP contribution in [0.5, 0.6) is 0 Å². The predicted molar refractivity (Wildman–Crippen MR) is 123 cm³/mol. The van der Waals surface area contributed by atoms with Crippen LogP contribution in [0.3, 0.4) is 0 Å². The van der Waals surface area contributed by atoms with Crippen LogP contribution in [0.4, 0.5) is 0 Å². The van der Waals surface area contributed by atoms with Crippen molar-refractivity contribution in [3.05, 3.63) is 70.9 Å². The number of aromatic amines is 1. The number of fused-ring (bicyclic) bond motifs is 1. The van der Waals surface area contributed by atoms with Crippen LogP contribution in [0.1, 0.15) is 22.3 Å². The summed E-state index contributed by atoms with van der Waals surface area (Å²) in [6, 6.07) is 14.0. The Balaban J connectivity index is 1.52. The molecule has 0 saturated heterocycles. The minimum absolute atomic E-state index is 0.0333. The third-order valence-electron chi connectivity index (χ3n) is 4.95. The van der Waals surface area contributed by atoms with Crippen LogP contribution < -0.4 is 15.4 Å². The zero-order valence-corrected chi connectivity index (χ0v) is 18.4. The largest absolute Gasteiger partial charge is 0.361 e. The number of nitrogens with one attached hydrogen (secondary N) is 4. The van der Waals surface area contributed by atoms with Crippen molar-refractivity contribution in [2.45, 2.75) is 25.6 Å². The van der Waals surface area contributed by atoms with Gasteiger partial charge < -0.3 is 15.6 Å². The zero-order valence-electron chi connectivity index (χ0n) is 17.6. The molecule has 1 aromatic heterocycles. The van der Waals surface area contributed by atoms with Gasteiger partial charge >= 0.3 is 0 Å². The van der Waals surface area contributed by atoms with Gasteiger partial charge in [-0.2, -0.15) is 0 Å². The lowest BCUT2D eigenvalue weighted by atomic mass is 10.1. The number of guanidine groups is 1. The van der Waals surface area contributed by atoms with Crippen molar-refractivity contribution in [1.82, 2.24) is 20.3 Å². The molecule has 3 aromatic rings. The minimum atomic E-state index is -3.29. The van der Waals surface area contributed by atoms with E-state index in [4.69, 9.17) is 0 Å². The molecular formula is C22H29N5O2S. The molecule has 0 unspecified atom stereocenters. The van der Waals surface area contributed by atoms with Gasteiger partial charge in [0.1, 0.15) is 0 Å². The number of aryl methyl sites for hydroxylation is 1. The molecule has 4 N–H and O–H groups in total. The van der Waals surface area contributed by atoms with Crippen molar-refractivity contribution in [1.29, 1.82) is 0 Å². The fourth-order valence-electron chi connectivity index (χ4n) is 3.35. The highest BCUT2D eigenvalue weighted by atomic mass is 32.2. The summed E-state index contributed by atoms with van der Waals surface area (Å²) in [5.74, 6) is 0.674. The fourth-order valence-corrected chi connectivity index (χ4v) is 4.11. The molecule has 0 amide bonds. The van der Waals surface area contributed by atoms with Gasteiger partial charge in [0.15, 0.2) is 5.96 Å². The first-order chi connectivity index (χ1) is 14.4. The lowest BCUT2D eigenvalue weighted by Crippen LogP contribution is -2.37. The van der Waals surface area contributed by atoms with Gasteiger partial charge in [0.2, 0.25) is 10.0 Å². The maximum atomic E-state index is 11.7. The number of hydrogen-bond acceptors (Lipinski definition) is 3. The molecule has 0 fully saturated rings. The lowest BCUT2D eigenvalue weighted by Gasteiger charge is -2.12. The molecule has 0 spiro atoms. The molecule has 30 heavy (non-hydrogen) atoms. The number of sulfonamides is 1. The van der Waals surface area contributed by atoms with Gasteiger partial charge in [0, 0.05) is 37.2 Å². The van der Waals surface area contributed by atoms with Crippen molar-refractivity contribution in [3.63, 3.8) is 0 Å². The monoisotopic (exact) mass is 427 g/mol. The molecule has 0 atom stereocenters. The average molecular weight is 428 g/mol. The first kappa shape index (κ1) is 21.9. The van der Waals surface area contributed by atoms with Crippen molar-refractivity contribution in [3.8, 4) is 0 Å². The number of H-pyrrole nitrogens is 1. The summed E-state index contributed by atoms with van der Waals surface area (Å²) in [7, 11) is -0.126. The van der Waals surface area contributed by atoms with E-state index in [1.165, 1.54) is 23.6 Å². The van der Waals surface area contributed by atoms with Crippen LogP contribution in [0.25, 0.3) is 10.9 Å². The Morgan fingerprint density at radius 2 is 1.90 bits per heavy atom. The molecule has 0 aliphatic carbocycles. The van der Waals surface area contributed by atoms with Crippen molar-refractivity contribution in [2.75, 3.05) is 20.6 Å². The standard InChI is InChI=1S/C22H29N5O2S/c1-16-7-8-20-19(14-26-21(20)11-16)9-10-25-22(23-2)27-13-17-5-4-6-18(12-17)15-30(28,29)24-3/h4-8,11-12,14,24,26H,9-10,13,15H2,1-3H3,(H2,23,25,27). The van der Waals surface area contributed by atoms with Gasteiger partial charge in [-0.25, -0.2) is 13.1 Å². The molecule has 0 aliphatic rings. The summed E-state index contributed by atoms with van der Waals surface area (Å²) in [6.07, 6.45) is 2.94. The summed E-state index contributed by atoms with van der Waals surface area (Å²) >= 11 is 0. The number of aromatic nitrogens is 1.